The molecule has 0 saturated carbocycles. The smallest absolute Gasteiger partial charge is 0.350 e. The van der Waals surface area contributed by atoms with E-state index in [1.165, 1.54) is 37.4 Å². The molecule has 122 valence electrons. The zero-order chi connectivity index (χ0) is 16.8. The fourth-order valence-electron chi connectivity index (χ4n) is 2.17. The first kappa shape index (κ1) is 16.1. The van der Waals surface area contributed by atoms with Gasteiger partial charge in [-0.05, 0) is 12.1 Å². The van der Waals surface area contributed by atoms with Gasteiger partial charge in [-0.3, -0.25) is 0 Å². The van der Waals surface area contributed by atoms with E-state index in [2.05, 4.69) is 0 Å². The number of rotatable bonds is 2. The van der Waals surface area contributed by atoms with E-state index in [1.54, 1.807) is 26.4 Å². The minimum atomic E-state index is -1.26. The number of benzene rings is 1. The molecule has 0 atom stereocenters. The summed E-state index contributed by atoms with van der Waals surface area (Å²) >= 11 is 2.53. The maximum absolute atomic E-state index is 12.2. The molecule has 8 heteroatoms. The minimum Gasteiger partial charge on any atom is -0.496 e. The van der Waals surface area contributed by atoms with Gasteiger partial charge in [0.2, 0.25) is 0 Å². The number of methoxy groups -OCH3 is 2. The van der Waals surface area contributed by atoms with Gasteiger partial charge >= 0.3 is 11.9 Å². The lowest BCUT2D eigenvalue weighted by molar-refractivity contribution is -0.222. The molecule has 0 spiro atoms. The summed E-state index contributed by atoms with van der Waals surface area (Å²) in [4.78, 5) is 26.0. The summed E-state index contributed by atoms with van der Waals surface area (Å²) in [6.07, 6.45) is 0. The number of hydrogen-bond acceptors (Lipinski definition) is 8. The molecule has 1 fully saturated rings. The number of carbonyl (C=O) groups is 2. The second-order valence-electron chi connectivity index (χ2n) is 5.17. The molecule has 1 saturated heterocycles. The Labute approximate surface area is 141 Å². The fourth-order valence-corrected chi connectivity index (χ4v) is 4.88. The molecule has 0 aliphatic carbocycles. The summed E-state index contributed by atoms with van der Waals surface area (Å²) in [7, 11) is 3.12. The highest BCUT2D eigenvalue weighted by atomic mass is 32.2. The van der Waals surface area contributed by atoms with E-state index in [0.717, 1.165) is 9.79 Å². The standard InChI is InChI=1S/C15H14O6S2/c1-15(2)20-12(16)9(13(17)21-15)14-22-10-7(18-3)5-6-8(19-4)11(10)23-14/h5-6H,1-4H3. The average Bonchev–Trinajstić information content (AvgIpc) is 2.88. The summed E-state index contributed by atoms with van der Waals surface area (Å²) < 4.78 is 21.5. The second-order valence-corrected chi connectivity index (χ2v) is 7.47. The lowest BCUT2D eigenvalue weighted by Crippen LogP contribution is -2.42. The van der Waals surface area contributed by atoms with Crippen LogP contribution in [-0.2, 0) is 19.1 Å². The lowest BCUT2D eigenvalue weighted by Gasteiger charge is -2.30. The van der Waals surface area contributed by atoms with Crippen LogP contribution in [0.4, 0.5) is 0 Å². The Morgan fingerprint density at radius 3 is 1.74 bits per heavy atom. The maximum atomic E-state index is 12.2. The molecule has 2 aliphatic heterocycles. The quantitative estimate of drug-likeness (QED) is 0.456. The third kappa shape index (κ3) is 2.76. The number of esters is 2. The molecule has 3 rings (SSSR count). The SMILES string of the molecule is COc1ccc(OC)c2c1SC(=C1C(=O)OC(C)(C)OC1=O)S2. The first-order valence-corrected chi connectivity index (χ1v) is 8.31. The first-order chi connectivity index (χ1) is 10.9. The molecule has 1 aromatic rings. The van der Waals surface area contributed by atoms with E-state index < -0.39 is 17.7 Å². The second kappa shape index (κ2) is 5.68. The molecule has 0 amide bonds. The molecule has 2 aliphatic rings. The van der Waals surface area contributed by atoms with Crippen molar-refractivity contribution in [2.24, 2.45) is 0 Å². The zero-order valence-corrected chi connectivity index (χ0v) is 14.6. The first-order valence-electron chi connectivity index (χ1n) is 6.68. The Morgan fingerprint density at radius 1 is 0.913 bits per heavy atom. The number of cyclic esters (lactones) is 2. The molecular formula is C15H14O6S2. The predicted octanol–water partition coefficient (Wildman–Crippen LogP) is 2.95. The Bertz CT molecular complexity index is 681. The predicted molar refractivity (Wildman–Crippen MR) is 84.5 cm³/mol. The van der Waals surface area contributed by atoms with E-state index >= 15 is 0 Å². The highest BCUT2D eigenvalue weighted by molar-refractivity contribution is 8.25. The Kier molecular flexibility index (Phi) is 3.97. The van der Waals surface area contributed by atoms with Gasteiger partial charge in [0.25, 0.3) is 5.79 Å². The van der Waals surface area contributed by atoms with Gasteiger partial charge in [0.15, 0.2) is 5.57 Å². The van der Waals surface area contributed by atoms with Crippen molar-refractivity contribution < 1.29 is 28.5 Å². The van der Waals surface area contributed by atoms with Gasteiger partial charge in [-0.15, -0.1) is 0 Å². The highest BCUT2D eigenvalue weighted by Gasteiger charge is 2.43. The van der Waals surface area contributed by atoms with Crippen LogP contribution < -0.4 is 9.47 Å². The van der Waals surface area contributed by atoms with Gasteiger partial charge in [0, 0.05) is 13.8 Å². The topological polar surface area (TPSA) is 71.1 Å². The van der Waals surface area contributed by atoms with Gasteiger partial charge in [-0.25, -0.2) is 9.59 Å². The molecular weight excluding hydrogens is 340 g/mol. The molecule has 0 radical (unpaired) electrons. The van der Waals surface area contributed by atoms with Crippen molar-refractivity contribution in [3.05, 3.63) is 21.9 Å². The largest absolute Gasteiger partial charge is 0.496 e. The third-order valence-corrected chi connectivity index (χ3v) is 5.79. The van der Waals surface area contributed by atoms with Gasteiger partial charge < -0.3 is 18.9 Å². The van der Waals surface area contributed by atoms with E-state index in [1.807, 2.05) is 0 Å². The Hall–Kier alpha value is -1.80. The molecule has 23 heavy (non-hydrogen) atoms. The van der Waals surface area contributed by atoms with Crippen molar-refractivity contribution in [3.63, 3.8) is 0 Å². The molecule has 2 heterocycles. The normalized spacial score (nSPS) is 19.1. The molecule has 6 nitrogen and oxygen atoms in total. The van der Waals surface area contributed by atoms with Crippen molar-refractivity contribution in [1.82, 2.24) is 0 Å². The van der Waals surface area contributed by atoms with Crippen LogP contribution in [0.1, 0.15) is 13.8 Å². The van der Waals surface area contributed by atoms with E-state index in [9.17, 15) is 9.59 Å². The number of fused-ring (bicyclic) bond motifs is 1. The molecule has 1 aromatic carbocycles. The van der Waals surface area contributed by atoms with E-state index in [-0.39, 0.29) is 5.57 Å². The zero-order valence-electron chi connectivity index (χ0n) is 12.9. The van der Waals surface area contributed by atoms with E-state index in [4.69, 9.17) is 18.9 Å². The van der Waals surface area contributed by atoms with Crippen molar-refractivity contribution >= 4 is 35.5 Å². The summed E-state index contributed by atoms with van der Waals surface area (Å²) in [6, 6.07) is 3.55. The Morgan fingerprint density at radius 2 is 1.35 bits per heavy atom. The van der Waals surface area contributed by atoms with Crippen LogP contribution in [0.2, 0.25) is 0 Å². The summed E-state index contributed by atoms with van der Waals surface area (Å²) in [5.41, 5.74) is -0.0976. The number of ether oxygens (including phenoxy) is 4. The molecule has 0 N–H and O–H groups in total. The van der Waals surface area contributed by atoms with Crippen LogP contribution >= 0.6 is 23.5 Å². The molecule has 0 bridgehead atoms. The van der Waals surface area contributed by atoms with Gasteiger partial charge in [-0.1, -0.05) is 23.5 Å². The summed E-state index contributed by atoms with van der Waals surface area (Å²) in [5, 5.41) is 0. The fraction of sp³-hybridized carbons (Fsp3) is 0.333. The monoisotopic (exact) mass is 354 g/mol. The van der Waals surface area contributed by atoms with Crippen LogP contribution in [0, 0.1) is 0 Å². The van der Waals surface area contributed by atoms with Crippen LogP contribution in [0.5, 0.6) is 11.5 Å². The van der Waals surface area contributed by atoms with Crippen molar-refractivity contribution in [1.29, 1.82) is 0 Å². The number of thioether (sulfide) groups is 2. The minimum absolute atomic E-state index is 0.0976. The number of carbonyl (C=O) groups excluding carboxylic acids is 2. The maximum Gasteiger partial charge on any atom is 0.350 e. The van der Waals surface area contributed by atoms with Gasteiger partial charge in [-0.2, -0.15) is 0 Å². The van der Waals surface area contributed by atoms with Crippen LogP contribution in [0.3, 0.4) is 0 Å². The van der Waals surface area contributed by atoms with Crippen molar-refractivity contribution in [2.45, 2.75) is 29.4 Å². The van der Waals surface area contributed by atoms with Gasteiger partial charge in [0.1, 0.15) is 11.5 Å². The van der Waals surface area contributed by atoms with Gasteiger partial charge in [0.05, 0.1) is 28.2 Å². The molecule has 0 aromatic heterocycles. The van der Waals surface area contributed by atoms with Crippen molar-refractivity contribution in [3.8, 4) is 11.5 Å². The average molecular weight is 354 g/mol. The summed E-state index contributed by atoms with van der Waals surface area (Å²) in [5.74, 6) is -1.34. The van der Waals surface area contributed by atoms with Crippen LogP contribution in [-0.4, -0.2) is 31.9 Å². The highest BCUT2D eigenvalue weighted by Crippen LogP contribution is 2.59. The van der Waals surface area contributed by atoms with E-state index in [0.29, 0.717) is 15.7 Å². The summed E-state index contributed by atoms with van der Waals surface area (Å²) in [6.45, 7) is 3.03. The lowest BCUT2D eigenvalue weighted by atomic mass is 10.2. The third-order valence-electron chi connectivity index (χ3n) is 3.16. The molecule has 0 unspecified atom stereocenters. The van der Waals surface area contributed by atoms with Crippen LogP contribution in [0.25, 0.3) is 0 Å². The number of hydrogen-bond donors (Lipinski definition) is 0. The van der Waals surface area contributed by atoms with Crippen molar-refractivity contribution in [2.75, 3.05) is 14.2 Å². The van der Waals surface area contributed by atoms with Crippen LogP contribution in [0.15, 0.2) is 31.7 Å². The Balaban J connectivity index is 2.04.